The van der Waals surface area contributed by atoms with Crippen molar-refractivity contribution in [2.24, 2.45) is 5.73 Å². The maximum atomic E-state index is 12.3. The van der Waals surface area contributed by atoms with Gasteiger partial charge in [-0.1, -0.05) is 30.3 Å². The number of rotatable bonds is 11. The highest BCUT2D eigenvalue weighted by Crippen LogP contribution is 2.04. The number of carbonyl (C=O) groups is 4. The van der Waals surface area contributed by atoms with E-state index in [4.69, 9.17) is 15.9 Å². The number of carboxylic acid groups (broad SMARTS) is 2. The highest BCUT2D eigenvalue weighted by atomic mass is 32.1. The molecule has 10 heteroatoms. The summed E-state index contributed by atoms with van der Waals surface area (Å²) >= 11 is 3.84. The third kappa shape index (κ3) is 8.09. The van der Waals surface area contributed by atoms with Gasteiger partial charge in [-0.25, -0.2) is 4.79 Å². The lowest BCUT2D eigenvalue weighted by Crippen LogP contribution is -2.55. The zero-order valence-corrected chi connectivity index (χ0v) is 15.4. The molecule has 3 atom stereocenters. The van der Waals surface area contributed by atoms with E-state index in [-0.39, 0.29) is 25.0 Å². The normalized spacial score (nSPS) is 13.9. The van der Waals surface area contributed by atoms with Crippen LogP contribution in [0.3, 0.4) is 0 Å². The monoisotopic (exact) mass is 397 g/mol. The van der Waals surface area contributed by atoms with Crippen molar-refractivity contribution < 1.29 is 29.4 Å². The van der Waals surface area contributed by atoms with E-state index in [1.807, 2.05) is 6.07 Å². The molecule has 0 radical (unpaired) electrons. The van der Waals surface area contributed by atoms with Crippen LogP contribution in [0.2, 0.25) is 0 Å². The molecule has 0 aromatic heterocycles. The average Bonchev–Trinajstić information content (AvgIpc) is 2.62. The third-order valence-corrected chi connectivity index (χ3v) is 4.08. The first-order chi connectivity index (χ1) is 12.7. The molecular weight excluding hydrogens is 374 g/mol. The molecule has 0 bridgehead atoms. The minimum absolute atomic E-state index is 0.159. The number of amides is 2. The van der Waals surface area contributed by atoms with E-state index < -0.39 is 41.9 Å². The second-order valence-corrected chi connectivity index (χ2v) is 6.24. The Morgan fingerprint density at radius 2 is 1.59 bits per heavy atom. The number of aliphatic carboxylic acids is 2. The fourth-order valence-electron chi connectivity index (χ4n) is 2.23. The van der Waals surface area contributed by atoms with Crippen LogP contribution >= 0.6 is 12.6 Å². The van der Waals surface area contributed by atoms with Crippen LogP contribution in [0.25, 0.3) is 0 Å². The van der Waals surface area contributed by atoms with Crippen LogP contribution in [-0.2, 0) is 25.6 Å². The number of thiol groups is 1. The van der Waals surface area contributed by atoms with Gasteiger partial charge in [0, 0.05) is 12.2 Å². The van der Waals surface area contributed by atoms with Crippen molar-refractivity contribution in [2.45, 2.75) is 37.4 Å². The second-order valence-electron chi connectivity index (χ2n) is 5.87. The Morgan fingerprint density at radius 1 is 1.00 bits per heavy atom. The molecule has 1 rings (SSSR count). The molecule has 1 aromatic carbocycles. The number of benzene rings is 1. The Kier molecular flexibility index (Phi) is 9.31. The first-order valence-electron chi connectivity index (χ1n) is 8.20. The SMILES string of the molecule is NC(Cc1ccccc1)C(=O)NC(CCC(=O)O)C(=O)NC(CS)C(=O)O. The average molecular weight is 397 g/mol. The maximum absolute atomic E-state index is 12.3. The molecule has 0 saturated heterocycles. The van der Waals surface area contributed by atoms with E-state index in [1.165, 1.54) is 0 Å². The summed E-state index contributed by atoms with van der Waals surface area (Å²) < 4.78 is 0. The Hall–Kier alpha value is -2.59. The van der Waals surface area contributed by atoms with Gasteiger partial charge in [-0.2, -0.15) is 12.6 Å². The summed E-state index contributed by atoms with van der Waals surface area (Å²) in [6, 6.07) is 5.58. The minimum Gasteiger partial charge on any atom is -0.481 e. The number of carbonyl (C=O) groups excluding carboxylic acids is 2. The zero-order valence-electron chi connectivity index (χ0n) is 14.5. The van der Waals surface area contributed by atoms with Crippen molar-refractivity contribution >= 4 is 36.4 Å². The van der Waals surface area contributed by atoms with Crippen molar-refractivity contribution in [3.05, 3.63) is 35.9 Å². The van der Waals surface area contributed by atoms with E-state index in [1.54, 1.807) is 24.3 Å². The molecule has 0 saturated carbocycles. The first kappa shape index (κ1) is 22.5. The van der Waals surface area contributed by atoms with Gasteiger partial charge in [-0.3, -0.25) is 14.4 Å². The Labute approximate surface area is 161 Å². The molecule has 148 valence electrons. The lowest BCUT2D eigenvalue weighted by molar-refractivity contribution is -0.142. The molecular formula is C17H23N3O6S. The molecule has 0 aliphatic heterocycles. The number of nitrogens with one attached hydrogen (secondary N) is 2. The number of hydrogen-bond acceptors (Lipinski definition) is 6. The van der Waals surface area contributed by atoms with Crippen LogP contribution in [0.4, 0.5) is 0 Å². The van der Waals surface area contributed by atoms with E-state index in [9.17, 15) is 19.2 Å². The lowest BCUT2D eigenvalue weighted by Gasteiger charge is -2.22. The van der Waals surface area contributed by atoms with E-state index in [0.717, 1.165) is 5.56 Å². The van der Waals surface area contributed by atoms with Gasteiger partial charge in [0.05, 0.1) is 6.04 Å². The summed E-state index contributed by atoms with van der Waals surface area (Å²) in [5.41, 5.74) is 6.69. The van der Waals surface area contributed by atoms with E-state index in [0.29, 0.717) is 0 Å². The summed E-state index contributed by atoms with van der Waals surface area (Å²) in [6.07, 6.45) is -0.358. The van der Waals surface area contributed by atoms with Crippen LogP contribution in [0.1, 0.15) is 18.4 Å². The Morgan fingerprint density at radius 3 is 2.11 bits per heavy atom. The van der Waals surface area contributed by atoms with Gasteiger partial charge in [0.2, 0.25) is 11.8 Å². The van der Waals surface area contributed by atoms with Gasteiger partial charge in [0.1, 0.15) is 12.1 Å². The fourth-order valence-corrected chi connectivity index (χ4v) is 2.48. The van der Waals surface area contributed by atoms with Gasteiger partial charge in [0.25, 0.3) is 0 Å². The van der Waals surface area contributed by atoms with Crippen LogP contribution < -0.4 is 16.4 Å². The van der Waals surface area contributed by atoms with Crippen LogP contribution in [0.5, 0.6) is 0 Å². The molecule has 0 spiro atoms. The third-order valence-electron chi connectivity index (χ3n) is 3.71. The van der Waals surface area contributed by atoms with E-state index in [2.05, 4.69) is 23.3 Å². The van der Waals surface area contributed by atoms with Crippen LogP contribution in [0, 0.1) is 0 Å². The van der Waals surface area contributed by atoms with Gasteiger partial charge < -0.3 is 26.6 Å². The quantitative estimate of drug-likeness (QED) is 0.272. The molecule has 0 aliphatic rings. The van der Waals surface area contributed by atoms with Gasteiger partial charge >= 0.3 is 11.9 Å². The van der Waals surface area contributed by atoms with Gasteiger partial charge in [0.15, 0.2) is 0 Å². The molecule has 0 aliphatic carbocycles. The highest BCUT2D eigenvalue weighted by Gasteiger charge is 2.27. The molecule has 6 N–H and O–H groups in total. The zero-order chi connectivity index (χ0) is 20.4. The summed E-state index contributed by atoms with van der Waals surface area (Å²) in [5, 5.41) is 22.4. The largest absolute Gasteiger partial charge is 0.481 e. The highest BCUT2D eigenvalue weighted by molar-refractivity contribution is 7.80. The van der Waals surface area contributed by atoms with Crippen molar-refractivity contribution in [1.82, 2.24) is 10.6 Å². The van der Waals surface area contributed by atoms with E-state index >= 15 is 0 Å². The van der Waals surface area contributed by atoms with Crippen molar-refractivity contribution in [3.8, 4) is 0 Å². The predicted molar refractivity (Wildman–Crippen MR) is 100 cm³/mol. The second kappa shape index (κ2) is 11.2. The van der Waals surface area contributed by atoms with Crippen LogP contribution in [0.15, 0.2) is 30.3 Å². The summed E-state index contributed by atoms with van der Waals surface area (Å²) in [7, 11) is 0. The van der Waals surface area contributed by atoms with Gasteiger partial charge in [-0.05, 0) is 18.4 Å². The maximum Gasteiger partial charge on any atom is 0.327 e. The predicted octanol–water partition coefficient (Wildman–Crippen LogP) is -0.595. The summed E-state index contributed by atoms with van der Waals surface area (Å²) in [5.74, 6) is -4.05. The first-order valence-corrected chi connectivity index (χ1v) is 8.83. The lowest BCUT2D eigenvalue weighted by atomic mass is 10.0. The Bertz CT molecular complexity index is 670. The van der Waals surface area contributed by atoms with Crippen LogP contribution in [-0.4, -0.2) is 57.8 Å². The number of nitrogens with two attached hydrogens (primary N) is 1. The molecule has 9 nitrogen and oxygen atoms in total. The number of hydrogen-bond donors (Lipinski definition) is 6. The van der Waals surface area contributed by atoms with Crippen molar-refractivity contribution in [1.29, 1.82) is 0 Å². The fraction of sp³-hybridized carbons (Fsp3) is 0.412. The van der Waals surface area contributed by atoms with Gasteiger partial charge in [-0.15, -0.1) is 0 Å². The molecule has 27 heavy (non-hydrogen) atoms. The smallest absolute Gasteiger partial charge is 0.327 e. The molecule has 0 heterocycles. The number of carboxylic acids is 2. The Balaban J connectivity index is 2.77. The molecule has 1 aromatic rings. The molecule has 2 amide bonds. The minimum atomic E-state index is -1.29. The van der Waals surface area contributed by atoms with Crippen molar-refractivity contribution in [3.63, 3.8) is 0 Å². The summed E-state index contributed by atoms with van der Waals surface area (Å²) in [4.78, 5) is 46.4. The van der Waals surface area contributed by atoms with Crippen molar-refractivity contribution in [2.75, 3.05) is 5.75 Å². The summed E-state index contributed by atoms with van der Waals surface area (Å²) in [6.45, 7) is 0. The standard InChI is InChI=1S/C17H23N3O6S/c18-11(8-10-4-2-1-3-5-10)15(23)19-12(6-7-14(21)22)16(24)20-13(9-27)17(25)26/h1-5,11-13,27H,6-9,18H2,(H,19,23)(H,20,24)(H,21,22)(H,25,26). The molecule has 3 unspecified atom stereocenters. The topological polar surface area (TPSA) is 159 Å². The molecule has 0 fully saturated rings.